The Kier molecular flexibility index (Phi) is 15.2. The topological polar surface area (TPSA) is 218 Å². The molecule has 1 aliphatic carbocycles. The number of carbonyl (C=O) groups is 3. The molecule has 0 unspecified atom stereocenters. The van der Waals surface area contributed by atoms with Gasteiger partial charge >= 0.3 is 5.97 Å². The molecule has 2 aromatic rings. The van der Waals surface area contributed by atoms with Gasteiger partial charge in [-0.15, -0.1) is 0 Å². The number of sulfonamides is 1. The summed E-state index contributed by atoms with van der Waals surface area (Å²) < 4.78 is 60.8. The second-order valence-electron chi connectivity index (χ2n) is 15.6. The fraction of sp³-hybridized carbons (Fsp3) is 0.632. The maximum atomic E-state index is 16.1. The van der Waals surface area contributed by atoms with Gasteiger partial charge in [-0.05, 0) is 75.2 Å². The Bertz CT molecular complexity index is 1800. The van der Waals surface area contributed by atoms with E-state index in [1.54, 1.807) is 21.9 Å². The van der Waals surface area contributed by atoms with Crippen LogP contribution in [0.2, 0.25) is 5.15 Å². The fourth-order valence-corrected chi connectivity index (χ4v) is 9.98. The van der Waals surface area contributed by atoms with Crippen LogP contribution in [-0.2, 0) is 30.3 Å². The van der Waals surface area contributed by atoms with E-state index >= 15 is 8.78 Å². The average Bonchev–Trinajstić information content (AvgIpc) is 3.53. The van der Waals surface area contributed by atoms with E-state index in [0.717, 1.165) is 0 Å². The van der Waals surface area contributed by atoms with Gasteiger partial charge in [-0.25, -0.2) is 27.0 Å². The molecule has 0 radical (unpaired) electrons. The highest BCUT2D eigenvalue weighted by atomic mass is 35.5. The van der Waals surface area contributed by atoms with Gasteiger partial charge in [0.1, 0.15) is 11.0 Å². The molecule has 15 nitrogen and oxygen atoms in total. The van der Waals surface area contributed by atoms with Gasteiger partial charge in [0.2, 0.25) is 21.8 Å². The molecule has 1 saturated carbocycles. The molecule has 2 aliphatic heterocycles. The molecule has 3 fully saturated rings. The van der Waals surface area contributed by atoms with E-state index in [1.807, 2.05) is 0 Å². The standard InChI is InChI=1S/C38H56ClF2N9O6S/c39-33-22-28(23-34(46-33)47-15-17-48(18-16-47)57(55,56)32-11-9-31(10-12-32)49-25-29(44)24-36(49)52)38(40,41)27-5-7-30(8-6-27)45-35(51)4-1-19-50(20-2-13-42,21-3-14-43)26-37(53)54/h9-12,22-23,27,29-30H,1-8,13-21,24-26,42-44H2,(H-,45,51,53,54)/p+1/t27?,29-,30?/m1/s1. The maximum absolute atomic E-state index is 16.1. The zero-order valence-corrected chi connectivity index (χ0v) is 33.9. The quantitative estimate of drug-likeness (QED) is 0.102. The van der Waals surface area contributed by atoms with E-state index in [4.69, 9.17) is 28.8 Å². The Morgan fingerprint density at radius 1 is 0.965 bits per heavy atom. The molecule has 3 aliphatic rings. The molecule has 8 N–H and O–H groups in total. The molecule has 1 aromatic carbocycles. The summed E-state index contributed by atoms with van der Waals surface area (Å²) in [5.41, 5.74) is 17.6. The summed E-state index contributed by atoms with van der Waals surface area (Å²) in [7, 11) is -3.86. The first-order valence-electron chi connectivity index (χ1n) is 19.8. The highest BCUT2D eigenvalue weighted by Gasteiger charge is 2.44. The minimum Gasteiger partial charge on any atom is -0.477 e. The van der Waals surface area contributed by atoms with Crippen molar-refractivity contribution in [2.75, 3.05) is 81.8 Å². The summed E-state index contributed by atoms with van der Waals surface area (Å²) in [5, 5.41) is 12.5. The van der Waals surface area contributed by atoms with Crippen LogP contribution in [0.15, 0.2) is 41.3 Å². The lowest BCUT2D eigenvalue weighted by Crippen LogP contribution is -2.54. The zero-order valence-electron chi connectivity index (χ0n) is 32.3. The molecule has 3 heterocycles. The van der Waals surface area contributed by atoms with Crippen molar-refractivity contribution in [1.29, 1.82) is 0 Å². The number of nitrogens with two attached hydrogens (primary N) is 3. The van der Waals surface area contributed by atoms with Crippen LogP contribution >= 0.6 is 11.6 Å². The van der Waals surface area contributed by atoms with Gasteiger partial charge in [-0.2, -0.15) is 4.31 Å². The van der Waals surface area contributed by atoms with Gasteiger partial charge in [0.05, 0.1) is 24.5 Å². The van der Waals surface area contributed by atoms with Crippen molar-refractivity contribution in [3.05, 3.63) is 47.1 Å². The van der Waals surface area contributed by atoms with Crippen molar-refractivity contribution in [3.63, 3.8) is 0 Å². The number of carboxylic acid groups (broad SMARTS) is 1. The summed E-state index contributed by atoms with van der Waals surface area (Å²) in [6.07, 6.45) is 3.37. The number of carbonyl (C=O) groups excluding carboxylic acids is 2. The Balaban J connectivity index is 1.12. The average molecular weight is 841 g/mol. The smallest absolute Gasteiger partial charge is 0.359 e. The molecule has 57 heavy (non-hydrogen) atoms. The number of hydrogen-bond donors (Lipinski definition) is 5. The molecule has 1 atom stereocenters. The Morgan fingerprint density at radius 3 is 2.14 bits per heavy atom. The van der Waals surface area contributed by atoms with Crippen LogP contribution in [0.5, 0.6) is 0 Å². The number of halogens is 3. The lowest BCUT2D eigenvalue weighted by molar-refractivity contribution is -0.921. The summed E-state index contributed by atoms with van der Waals surface area (Å²) in [5.74, 6) is -5.18. The highest BCUT2D eigenvalue weighted by Crippen LogP contribution is 2.45. The van der Waals surface area contributed by atoms with Crippen LogP contribution in [0.1, 0.15) is 63.4 Å². The molecular formula is C38H57ClF2N9O6S+. The number of hydrogen-bond acceptors (Lipinski definition) is 10. The Hall–Kier alpha value is -3.52. The third kappa shape index (κ3) is 11.4. The number of anilines is 2. The summed E-state index contributed by atoms with van der Waals surface area (Å²) in [4.78, 5) is 44.5. The third-order valence-electron chi connectivity index (χ3n) is 11.5. The number of rotatable bonds is 19. The maximum Gasteiger partial charge on any atom is 0.359 e. The number of aromatic nitrogens is 1. The number of amides is 2. The zero-order chi connectivity index (χ0) is 41.4. The normalized spacial score (nSPS) is 21.2. The predicted molar refractivity (Wildman–Crippen MR) is 213 cm³/mol. The third-order valence-corrected chi connectivity index (χ3v) is 13.6. The Labute approximate surface area is 338 Å². The Morgan fingerprint density at radius 2 is 1.58 bits per heavy atom. The van der Waals surface area contributed by atoms with Gasteiger partial charge in [-0.1, -0.05) is 11.6 Å². The molecule has 0 bridgehead atoms. The van der Waals surface area contributed by atoms with E-state index in [0.29, 0.717) is 81.5 Å². The summed E-state index contributed by atoms with van der Waals surface area (Å²) >= 11 is 6.30. The number of nitrogens with one attached hydrogen (secondary N) is 1. The second kappa shape index (κ2) is 19.5. The first kappa shape index (κ1) is 44.6. The van der Waals surface area contributed by atoms with E-state index in [9.17, 15) is 27.9 Å². The van der Waals surface area contributed by atoms with Gasteiger partial charge in [-0.3, -0.25) is 9.59 Å². The fourth-order valence-electron chi connectivity index (χ4n) is 8.35. The molecule has 2 saturated heterocycles. The number of nitrogens with zero attached hydrogens (tertiary/aromatic N) is 5. The van der Waals surface area contributed by atoms with Crippen LogP contribution in [0.3, 0.4) is 0 Å². The number of benzene rings is 1. The number of pyridine rings is 1. The molecule has 2 amide bonds. The van der Waals surface area contributed by atoms with E-state index in [2.05, 4.69) is 10.3 Å². The largest absolute Gasteiger partial charge is 0.477 e. The van der Waals surface area contributed by atoms with Crippen molar-refractivity contribution in [3.8, 4) is 0 Å². The lowest BCUT2D eigenvalue weighted by atomic mass is 9.80. The lowest BCUT2D eigenvalue weighted by Gasteiger charge is -2.37. The first-order valence-corrected chi connectivity index (χ1v) is 21.6. The molecule has 316 valence electrons. The van der Waals surface area contributed by atoms with Crippen LogP contribution in [0.4, 0.5) is 20.3 Å². The van der Waals surface area contributed by atoms with Crippen molar-refractivity contribution in [2.45, 2.75) is 80.7 Å². The van der Waals surface area contributed by atoms with E-state index < -0.39 is 27.8 Å². The first-order chi connectivity index (χ1) is 27.1. The van der Waals surface area contributed by atoms with Crippen LogP contribution < -0.4 is 32.3 Å². The van der Waals surface area contributed by atoms with Gasteiger partial charge < -0.3 is 41.9 Å². The van der Waals surface area contributed by atoms with Crippen LogP contribution in [0.25, 0.3) is 0 Å². The van der Waals surface area contributed by atoms with Gasteiger partial charge in [0, 0.05) is 94.1 Å². The SMILES string of the molecule is NCCC[N+](CCCN)(CCCC(=O)NC1CCC(C(F)(F)c2cc(Cl)nc(N3CCN(S(=O)(=O)c4ccc(N5C[C@H](N)CC5=O)cc4)CC3)c2)CC1)CC(=O)O. The van der Waals surface area contributed by atoms with E-state index in [1.165, 1.54) is 28.6 Å². The summed E-state index contributed by atoms with van der Waals surface area (Å²) in [6, 6.07) is 8.12. The minimum absolute atomic E-state index is 0.0668. The highest BCUT2D eigenvalue weighted by molar-refractivity contribution is 7.89. The number of piperazine rings is 1. The van der Waals surface area contributed by atoms with Gasteiger partial charge in [0.25, 0.3) is 5.92 Å². The number of carboxylic acids is 1. The summed E-state index contributed by atoms with van der Waals surface area (Å²) in [6.45, 7) is 3.47. The van der Waals surface area contributed by atoms with Crippen molar-refractivity contribution >= 4 is 50.9 Å². The van der Waals surface area contributed by atoms with Crippen LogP contribution in [-0.4, -0.2) is 129 Å². The van der Waals surface area contributed by atoms with Crippen molar-refractivity contribution < 1.29 is 41.2 Å². The second-order valence-corrected chi connectivity index (χ2v) is 17.9. The van der Waals surface area contributed by atoms with Crippen molar-refractivity contribution in [1.82, 2.24) is 14.6 Å². The molecule has 0 spiro atoms. The molecule has 1 aromatic heterocycles. The van der Waals surface area contributed by atoms with E-state index in [-0.39, 0.29) is 104 Å². The minimum atomic E-state index is -3.86. The van der Waals surface area contributed by atoms with Crippen LogP contribution in [0, 0.1) is 5.92 Å². The number of alkyl halides is 2. The monoisotopic (exact) mass is 840 g/mol. The van der Waals surface area contributed by atoms with Gasteiger partial charge in [0.15, 0.2) is 6.54 Å². The molecular weight excluding hydrogens is 784 g/mol. The molecule has 5 rings (SSSR count). The predicted octanol–water partition coefficient (Wildman–Crippen LogP) is 2.46. The molecule has 19 heteroatoms. The van der Waals surface area contributed by atoms with Crippen molar-refractivity contribution in [2.24, 2.45) is 23.1 Å². The number of aliphatic carboxylic acids is 1. The number of quaternary nitrogens is 1.